The van der Waals surface area contributed by atoms with Gasteiger partial charge in [0.25, 0.3) is 0 Å². The van der Waals surface area contributed by atoms with Gasteiger partial charge in [0.15, 0.2) is 0 Å². The first kappa shape index (κ1) is 48.9. The molecule has 0 unspecified atom stereocenters. The van der Waals surface area contributed by atoms with E-state index in [0.717, 1.165) is 0 Å². The van der Waals surface area contributed by atoms with Crippen LogP contribution in [0.5, 0.6) is 0 Å². The number of hydrogen-bond donors (Lipinski definition) is 0. The van der Waals surface area contributed by atoms with Crippen molar-refractivity contribution in [2.45, 2.75) is 0 Å². The molecule has 0 saturated carbocycles. The molecule has 0 aromatic rings. The number of rotatable bonds is 0. The quantitative estimate of drug-likeness (QED) is 0.349. The maximum atomic E-state index is 0. The van der Waals surface area contributed by atoms with Crippen LogP contribution in [-0.4, -0.2) is 182 Å². The molecular formula is H11Cl3Sr4. The van der Waals surface area contributed by atoms with Crippen LogP contribution in [0.4, 0.5) is 0 Å². The van der Waals surface area contributed by atoms with Crippen molar-refractivity contribution < 1.29 is 0 Å². The Labute approximate surface area is 211 Å². The van der Waals surface area contributed by atoms with Gasteiger partial charge in [-0.15, -0.1) is 37.2 Å². The molecule has 0 atom stereocenters. The van der Waals surface area contributed by atoms with Crippen LogP contribution in [0.2, 0.25) is 0 Å². The van der Waals surface area contributed by atoms with Gasteiger partial charge in [-0.05, 0) is 0 Å². The first-order chi connectivity index (χ1) is 0. The van der Waals surface area contributed by atoms with Crippen LogP contribution in [0, 0.1) is 0 Å². The van der Waals surface area contributed by atoms with Gasteiger partial charge in [0.1, 0.15) is 0 Å². The summed E-state index contributed by atoms with van der Waals surface area (Å²) in [6.45, 7) is 0. The average molecular weight is 468 g/mol. The van der Waals surface area contributed by atoms with E-state index in [2.05, 4.69) is 0 Å². The fourth-order valence-corrected chi connectivity index (χ4v) is 0. The standard InChI is InChI=1S/3ClH.4Sr.8H/h3*1H;;;;;;;;;;;;. The van der Waals surface area contributed by atoms with Crippen molar-refractivity contribution in [1.29, 1.82) is 0 Å². The zero-order chi connectivity index (χ0) is 0. The Kier molecular flexibility index (Phi) is 269. The fourth-order valence-electron chi connectivity index (χ4n) is 0. The second-order valence-electron chi connectivity index (χ2n) is 0. The Morgan fingerprint density at radius 1 is 0.286 bits per heavy atom. The number of hydrogen-bond acceptors (Lipinski definition) is 0. The third-order valence-corrected chi connectivity index (χ3v) is 0. The van der Waals surface area contributed by atoms with Crippen LogP contribution in [0.3, 0.4) is 0 Å². The molecule has 40 valence electrons. The second kappa shape index (κ2) is 38.6. The molecule has 0 amide bonds. The van der Waals surface area contributed by atoms with E-state index in [1.807, 2.05) is 0 Å². The summed E-state index contributed by atoms with van der Waals surface area (Å²) in [5.74, 6) is 0. The predicted octanol–water partition coefficient (Wildman–Crippen LogP) is -2.40. The molecule has 0 heterocycles. The van der Waals surface area contributed by atoms with Gasteiger partial charge in [0.05, 0.1) is 0 Å². The minimum absolute atomic E-state index is 0. The Balaban J connectivity index is 0. The van der Waals surface area contributed by atoms with E-state index in [0.29, 0.717) is 0 Å². The van der Waals surface area contributed by atoms with Crippen LogP contribution in [0.25, 0.3) is 0 Å². The molecule has 7 heavy (non-hydrogen) atoms. The first-order valence-corrected chi connectivity index (χ1v) is 0. The summed E-state index contributed by atoms with van der Waals surface area (Å²) in [4.78, 5) is 0. The van der Waals surface area contributed by atoms with E-state index in [-0.39, 0.29) is 219 Å². The van der Waals surface area contributed by atoms with Gasteiger partial charge in [-0.1, -0.05) is 0 Å². The normalized spacial score (nSPS) is 0. The average Bonchev–Trinajstić information content (AvgIpc) is 0. The first-order valence-electron chi connectivity index (χ1n) is 0. The van der Waals surface area contributed by atoms with Crippen molar-refractivity contribution in [3.05, 3.63) is 0 Å². The van der Waals surface area contributed by atoms with Crippen molar-refractivity contribution in [2.24, 2.45) is 0 Å². The monoisotopic (exact) mass is 468 g/mol. The summed E-state index contributed by atoms with van der Waals surface area (Å²) < 4.78 is 0. The molecule has 0 N–H and O–H groups in total. The van der Waals surface area contributed by atoms with Crippen LogP contribution in [0.1, 0.15) is 0 Å². The molecule has 0 aromatic heterocycles. The van der Waals surface area contributed by atoms with Crippen molar-refractivity contribution in [2.75, 3.05) is 0 Å². The summed E-state index contributed by atoms with van der Waals surface area (Å²) in [5.41, 5.74) is 0. The predicted molar refractivity (Wildman–Crippen MR) is 55.9 cm³/mol. The van der Waals surface area contributed by atoms with Crippen LogP contribution >= 0.6 is 37.2 Å². The molecule has 0 radical (unpaired) electrons. The van der Waals surface area contributed by atoms with Crippen LogP contribution < -0.4 is 0 Å². The van der Waals surface area contributed by atoms with Crippen LogP contribution in [0.15, 0.2) is 0 Å². The Morgan fingerprint density at radius 2 is 0.286 bits per heavy atom. The second-order valence-corrected chi connectivity index (χ2v) is 0. The van der Waals surface area contributed by atoms with Gasteiger partial charge in [0.2, 0.25) is 0 Å². The maximum absolute atomic E-state index is 0. The molecule has 0 bridgehead atoms. The van der Waals surface area contributed by atoms with Crippen molar-refractivity contribution in [3.63, 3.8) is 0 Å². The van der Waals surface area contributed by atoms with E-state index in [4.69, 9.17) is 0 Å². The molecule has 0 spiro atoms. The van der Waals surface area contributed by atoms with Crippen molar-refractivity contribution >= 4 is 219 Å². The Hall–Kier alpha value is 6.79. The third-order valence-electron chi connectivity index (χ3n) is 0. The molecule has 0 aliphatic rings. The molecule has 0 nitrogen and oxygen atoms in total. The molecule has 0 aromatic carbocycles. The summed E-state index contributed by atoms with van der Waals surface area (Å²) in [6, 6.07) is 0. The molecule has 0 saturated heterocycles. The SMILES string of the molecule is Cl.Cl.Cl.[SrH2].[SrH2].[SrH2].[SrH2]. The zero-order valence-electron chi connectivity index (χ0n) is 1.22. The summed E-state index contributed by atoms with van der Waals surface area (Å²) in [5, 5.41) is 0. The minimum atomic E-state index is 0. The third kappa shape index (κ3) is 32.3. The van der Waals surface area contributed by atoms with Gasteiger partial charge >= 0.3 is 182 Å². The van der Waals surface area contributed by atoms with E-state index < -0.39 is 0 Å². The van der Waals surface area contributed by atoms with E-state index in [1.165, 1.54) is 0 Å². The molecule has 0 rings (SSSR count). The van der Waals surface area contributed by atoms with E-state index >= 15 is 0 Å². The van der Waals surface area contributed by atoms with Gasteiger partial charge in [-0.2, -0.15) is 0 Å². The summed E-state index contributed by atoms with van der Waals surface area (Å²) in [7, 11) is 0. The molecular weight excluding hydrogens is 457 g/mol. The molecule has 7 heteroatoms. The summed E-state index contributed by atoms with van der Waals surface area (Å²) in [6.07, 6.45) is 0. The fraction of sp³-hybridized carbons (Fsp3) is 0. The Morgan fingerprint density at radius 3 is 0.286 bits per heavy atom. The van der Waals surface area contributed by atoms with Crippen molar-refractivity contribution in [3.8, 4) is 0 Å². The van der Waals surface area contributed by atoms with Gasteiger partial charge in [0, 0.05) is 0 Å². The molecule has 0 aliphatic carbocycles. The Bertz CT molecular complexity index is 6.90. The zero-order valence-corrected chi connectivity index (χ0v) is 3.67. The molecule has 0 fully saturated rings. The van der Waals surface area contributed by atoms with Gasteiger partial charge in [-0.3, -0.25) is 0 Å². The number of halogens is 3. The van der Waals surface area contributed by atoms with Crippen LogP contribution in [-0.2, 0) is 0 Å². The van der Waals surface area contributed by atoms with E-state index in [9.17, 15) is 0 Å². The van der Waals surface area contributed by atoms with Gasteiger partial charge in [-0.25, -0.2) is 0 Å². The summed E-state index contributed by atoms with van der Waals surface area (Å²) >= 11 is 0. The topological polar surface area (TPSA) is 0 Å². The van der Waals surface area contributed by atoms with Gasteiger partial charge < -0.3 is 0 Å². The molecule has 0 aliphatic heterocycles. The van der Waals surface area contributed by atoms with E-state index in [1.54, 1.807) is 0 Å². The van der Waals surface area contributed by atoms with Crippen molar-refractivity contribution in [1.82, 2.24) is 0 Å².